The molecule has 0 saturated heterocycles. The number of hydrogen-bond donors (Lipinski definition) is 1. The van der Waals surface area contributed by atoms with Crippen molar-refractivity contribution in [1.82, 2.24) is 4.90 Å². The van der Waals surface area contributed by atoms with Crippen molar-refractivity contribution in [2.75, 3.05) is 7.05 Å². The van der Waals surface area contributed by atoms with Crippen LogP contribution >= 0.6 is 11.6 Å². The molecule has 1 aromatic rings. The quantitative estimate of drug-likeness (QED) is 0.928. The molecule has 20 heavy (non-hydrogen) atoms. The fourth-order valence-electron chi connectivity index (χ4n) is 1.66. The summed E-state index contributed by atoms with van der Waals surface area (Å²) in [6.45, 7) is 6.09. The summed E-state index contributed by atoms with van der Waals surface area (Å²) in [4.78, 5) is 13.6. The number of rotatable bonds is 4. The van der Waals surface area contributed by atoms with Gasteiger partial charge < -0.3 is 10.6 Å². The van der Waals surface area contributed by atoms with Gasteiger partial charge in [-0.15, -0.1) is 0 Å². The van der Waals surface area contributed by atoms with Crippen LogP contribution in [0.2, 0.25) is 5.02 Å². The molecule has 0 saturated carbocycles. The standard InChI is InChI=1S/C15H22ClFN2O/c1-15(2,3)13(18)8-14(20)19(4)9-10-11(16)6-5-7-12(10)17/h5-7,13H,8-9,18H2,1-4H3. The lowest BCUT2D eigenvalue weighted by atomic mass is 9.85. The zero-order valence-electron chi connectivity index (χ0n) is 12.4. The molecule has 0 spiro atoms. The van der Waals surface area contributed by atoms with Gasteiger partial charge in [-0.3, -0.25) is 4.79 Å². The maximum absolute atomic E-state index is 13.7. The molecule has 0 aliphatic heterocycles. The molecule has 1 atom stereocenters. The minimum atomic E-state index is -0.405. The van der Waals surface area contributed by atoms with Gasteiger partial charge in [0.1, 0.15) is 5.82 Å². The van der Waals surface area contributed by atoms with Crippen molar-refractivity contribution < 1.29 is 9.18 Å². The van der Waals surface area contributed by atoms with E-state index in [2.05, 4.69) is 0 Å². The molecular weight excluding hydrogens is 279 g/mol. The lowest BCUT2D eigenvalue weighted by molar-refractivity contribution is -0.131. The SMILES string of the molecule is CN(Cc1c(F)cccc1Cl)C(=O)CC(N)C(C)(C)C. The minimum Gasteiger partial charge on any atom is -0.341 e. The molecule has 112 valence electrons. The normalized spacial score (nSPS) is 13.2. The molecule has 5 heteroatoms. The van der Waals surface area contributed by atoms with Crippen molar-refractivity contribution in [1.29, 1.82) is 0 Å². The van der Waals surface area contributed by atoms with Crippen LogP contribution < -0.4 is 5.73 Å². The summed E-state index contributed by atoms with van der Waals surface area (Å²) in [6.07, 6.45) is 0.228. The first kappa shape index (κ1) is 16.9. The molecule has 0 radical (unpaired) electrons. The van der Waals surface area contributed by atoms with E-state index in [1.165, 1.54) is 11.0 Å². The van der Waals surface area contributed by atoms with Crippen molar-refractivity contribution in [2.24, 2.45) is 11.1 Å². The third kappa shape index (κ3) is 4.46. The first-order valence-electron chi connectivity index (χ1n) is 6.55. The third-order valence-electron chi connectivity index (χ3n) is 3.39. The minimum absolute atomic E-state index is 0.119. The summed E-state index contributed by atoms with van der Waals surface area (Å²) in [5, 5.41) is 0.324. The number of hydrogen-bond acceptors (Lipinski definition) is 2. The topological polar surface area (TPSA) is 46.3 Å². The highest BCUT2D eigenvalue weighted by atomic mass is 35.5. The number of halogens is 2. The summed E-state index contributed by atoms with van der Waals surface area (Å²) in [5.41, 5.74) is 6.18. The van der Waals surface area contributed by atoms with E-state index >= 15 is 0 Å². The van der Waals surface area contributed by atoms with E-state index in [9.17, 15) is 9.18 Å². The molecule has 1 unspecified atom stereocenters. The van der Waals surface area contributed by atoms with Crippen LogP contribution in [-0.2, 0) is 11.3 Å². The van der Waals surface area contributed by atoms with E-state index in [0.29, 0.717) is 10.6 Å². The van der Waals surface area contributed by atoms with Crippen LogP contribution in [0.15, 0.2) is 18.2 Å². The molecule has 3 nitrogen and oxygen atoms in total. The van der Waals surface area contributed by atoms with Crippen LogP contribution in [0.3, 0.4) is 0 Å². The zero-order chi connectivity index (χ0) is 15.5. The van der Waals surface area contributed by atoms with E-state index in [4.69, 9.17) is 17.3 Å². The smallest absolute Gasteiger partial charge is 0.224 e. The number of carbonyl (C=O) groups excluding carboxylic acids is 1. The predicted octanol–water partition coefficient (Wildman–Crippen LogP) is 3.20. The second-order valence-electron chi connectivity index (χ2n) is 6.13. The zero-order valence-corrected chi connectivity index (χ0v) is 13.2. The summed E-state index contributed by atoms with van der Waals surface area (Å²) in [6, 6.07) is 4.24. The average Bonchev–Trinajstić information content (AvgIpc) is 2.32. The lowest BCUT2D eigenvalue weighted by Gasteiger charge is -2.28. The summed E-state index contributed by atoms with van der Waals surface area (Å²) < 4.78 is 13.7. The van der Waals surface area contributed by atoms with E-state index in [0.717, 1.165) is 0 Å². The molecule has 0 fully saturated rings. The van der Waals surface area contributed by atoms with Crippen molar-refractivity contribution in [2.45, 2.75) is 39.8 Å². The number of carbonyl (C=O) groups is 1. The maximum Gasteiger partial charge on any atom is 0.224 e. The second kappa shape index (κ2) is 6.55. The summed E-state index contributed by atoms with van der Waals surface area (Å²) >= 11 is 5.95. The maximum atomic E-state index is 13.7. The van der Waals surface area contributed by atoms with Crippen molar-refractivity contribution >= 4 is 17.5 Å². The molecule has 0 aromatic heterocycles. The number of nitrogens with zero attached hydrogens (tertiary/aromatic N) is 1. The molecule has 1 amide bonds. The van der Waals surface area contributed by atoms with Gasteiger partial charge in [-0.25, -0.2) is 4.39 Å². The van der Waals surface area contributed by atoms with Crippen molar-refractivity contribution in [3.63, 3.8) is 0 Å². The molecule has 0 bridgehead atoms. The monoisotopic (exact) mass is 300 g/mol. The molecule has 0 heterocycles. The van der Waals surface area contributed by atoms with Crippen LogP contribution in [0.1, 0.15) is 32.8 Å². The number of amides is 1. The Morgan fingerprint density at radius 3 is 2.55 bits per heavy atom. The fraction of sp³-hybridized carbons (Fsp3) is 0.533. The van der Waals surface area contributed by atoms with Crippen molar-refractivity contribution in [3.05, 3.63) is 34.6 Å². The lowest BCUT2D eigenvalue weighted by Crippen LogP contribution is -2.40. The first-order valence-corrected chi connectivity index (χ1v) is 6.93. The molecule has 2 N–H and O–H groups in total. The van der Waals surface area contributed by atoms with E-state index in [-0.39, 0.29) is 30.3 Å². The molecule has 0 aliphatic rings. The van der Waals surface area contributed by atoms with E-state index < -0.39 is 5.82 Å². The molecular formula is C15H22ClFN2O. The Morgan fingerprint density at radius 1 is 1.45 bits per heavy atom. The number of benzene rings is 1. The third-order valence-corrected chi connectivity index (χ3v) is 3.74. The van der Waals surface area contributed by atoms with Crippen LogP contribution in [0.25, 0.3) is 0 Å². The van der Waals surface area contributed by atoms with Crippen LogP contribution in [0.4, 0.5) is 4.39 Å². The highest BCUT2D eigenvalue weighted by Crippen LogP contribution is 2.23. The Hall–Kier alpha value is -1.13. The van der Waals surface area contributed by atoms with Gasteiger partial charge in [-0.2, -0.15) is 0 Å². The Kier molecular flexibility index (Phi) is 5.54. The van der Waals surface area contributed by atoms with Gasteiger partial charge in [0.2, 0.25) is 5.91 Å². The largest absolute Gasteiger partial charge is 0.341 e. The van der Waals surface area contributed by atoms with Gasteiger partial charge in [-0.1, -0.05) is 38.4 Å². The Bertz CT molecular complexity index is 465. The van der Waals surface area contributed by atoms with E-state index in [1.54, 1.807) is 19.2 Å². The average molecular weight is 301 g/mol. The van der Waals surface area contributed by atoms with Gasteiger partial charge >= 0.3 is 0 Å². The highest BCUT2D eigenvalue weighted by molar-refractivity contribution is 6.31. The second-order valence-corrected chi connectivity index (χ2v) is 6.53. The van der Waals surface area contributed by atoms with Gasteiger partial charge in [0.15, 0.2) is 0 Å². The van der Waals surface area contributed by atoms with Gasteiger partial charge in [-0.05, 0) is 17.5 Å². The Labute approximate surface area is 124 Å². The van der Waals surface area contributed by atoms with Crippen LogP contribution in [0, 0.1) is 11.2 Å². The van der Waals surface area contributed by atoms with Crippen LogP contribution in [-0.4, -0.2) is 23.9 Å². The predicted molar refractivity (Wildman–Crippen MR) is 79.9 cm³/mol. The summed E-state index contributed by atoms with van der Waals surface area (Å²) in [5.74, 6) is -0.524. The fourth-order valence-corrected chi connectivity index (χ4v) is 1.88. The number of nitrogens with two attached hydrogens (primary N) is 1. The molecule has 1 aromatic carbocycles. The van der Waals surface area contributed by atoms with Gasteiger partial charge in [0.25, 0.3) is 0 Å². The van der Waals surface area contributed by atoms with Gasteiger partial charge in [0, 0.05) is 36.6 Å². The van der Waals surface area contributed by atoms with Crippen LogP contribution in [0.5, 0.6) is 0 Å². The Balaban J connectivity index is 2.72. The summed E-state index contributed by atoms with van der Waals surface area (Å²) in [7, 11) is 1.63. The molecule has 1 rings (SSSR count). The highest BCUT2D eigenvalue weighted by Gasteiger charge is 2.25. The molecule has 0 aliphatic carbocycles. The van der Waals surface area contributed by atoms with E-state index in [1.807, 2.05) is 20.8 Å². The van der Waals surface area contributed by atoms with Crippen molar-refractivity contribution in [3.8, 4) is 0 Å². The Morgan fingerprint density at radius 2 is 2.05 bits per heavy atom. The first-order chi connectivity index (χ1) is 9.12. The van der Waals surface area contributed by atoms with Gasteiger partial charge in [0.05, 0.1) is 0 Å².